The monoisotopic (exact) mass is 515 g/mol. The molecule has 1 N–H and O–H groups in total. The minimum absolute atomic E-state index is 0.105. The van der Waals surface area contributed by atoms with Crippen LogP contribution in [-0.4, -0.2) is 47.6 Å². The molecule has 9 nitrogen and oxygen atoms in total. The molecule has 1 aromatic heterocycles. The molecule has 0 saturated heterocycles. The fourth-order valence-electron chi connectivity index (χ4n) is 4.23. The lowest BCUT2D eigenvalue weighted by atomic mass is 10.0. The highest BCUT2D eigenvalue weighted by atomic mass is 16.5. The topological polar surface area (TPSA) is 98.6 Å². The SMILES string of the molecule is COc1ccc(N(C(=O)Cn2nnc3ccccc32)C(C(=O)NCCC(C)C)c2cccc(OC)c2)cc1. The Morgan fingerprint density at radius 3 is 2.39 bits per heavy atom. The van der Waals surface area contributed by atoms with Gasteiger partial charge in [0.05, 0.1) is 19.7 Å². The Morgan fingerprint density at radius 1 is 0.947 bits per heavy atom. The van der Waals surface area contributed by atoms with E-state index in [1.807, 2.05) is 36.4 Å². The molecule has 1 unspecified atom stereocenters. The number of rotatable bonds is 11. The number of carbonyl (C=O) groups is 2. The molecule has 0 radical (unpaired) electrons. The van der Waals surface area contributed by atoms with Gasteiger partial charge >= 0.3 is 0 Å². The lowest BCUT2D eigenvalue weighted by Crippen LogP contribution is -2.45. The van der Waals surface area contributed by atoms with Gasteiger partial charge in [-0.1, -0.05) is 43.3 Å². The van der Waals surface area contributed by atoms with Crippen LogP contribution in [-0.2, 0) is 16.1 Å². The molecule has 1 heterocycles. The summed E-state index contributed by atoms with van der Waals surface area (Å²) < 4.78 is 12.3. The maximum absolute atomic E-state index is 14.1. The number of para-hydroxylation sites is 1. The highest BCUT2D eigenvalue weighted by Gasteiger charge is 2.33. The van der Waals surface area contributed by atoms with Gasteiger partial charge in [-0.15, -0.1) is 5.10 Å². The number of ether oxygens (including phenoxy) is 2. The number of benzene rings is 3. The van der Waals surface area contributed by atoms with Crippen LogP contribution in [0, 0.1) is 5.92 Å². The first-order valence-electron chi connectivity index (χ1n) is 12.6. The molecule has 0 aliphatic rings. The summed E-state index contributed by atoms with van der Waals surface area (Å²) in [5, 5.41) is 11.4. The fourth-order valence-corrected chi connectivity index (χ4v) is 4.23. The van der Waals surface area contributed by atoms with Crippen LogP contribution in [0.1, 0.15) is 31.9 Å². The van der Waals surface area contributed by atoms with Crippen molar-refractivity contribution in [1.29, 1.82) is 0 Å². The number of anilines is 1. The molecular formula is C29H33N5O4. The van der Waals surface area contributed by atoms with Gasteiger partial charge in [-0.05, 0) is 66.4 Å². The Hall–Kier alpha value is -4.40. The van der Waals surface area contributed by atoms with Crippen LogP contribution in [0.25, 0.3) is 11.0 Å². The van der Waals surface area contributed by atoms with Gasteiger partial charge in [-0.2, -0.15) is 0 Å². The summed E-state index contributed by atoms with van der Waals surface area (Å²) >= 11 is 0. The lowest BCUT2D eigenvalue weighted by Gasteiger charge is -2.32. The molecule has 3 aromatic carbocycles. The largest absolute Gasteiger partial charge is 0.497 e. The summed E-state index contributed by atoms with van der Waals surface area (Å²) in [5.41, 5.74) is 2.59. The summed E-state index contributed by atoms with van der Waals surface area (Å²) in [6, 6.07) is 20.8. The average molecular weight is 516 g/mol. The molecule has 4 rings (SSSR count). The first kappa shape index (κ1) is 26.7. The Labute approximate surface area is 222 Å². The Balaban J connectivity index is 1.78. The van der Waals surface area contributed by atoms with Crippen LogP contribution in [0.3, 0.4) is 0 Å². The zero-order chi connectivity index (χ0) is 27.1. The minimum Gasteiger partial charge on any atom is -0.497 e. The first-order chi connectivity index (χ1) is 18.4. The zero-order valence-electron chi connectivity index (χ0n) is 22.1. The Bertz CT molecular complexity index is 1380. The van der Waals surface area contributed by atoms with E-state index < -0.39 is 6.04 Å². The molecule has 198 valence electrons. The molecule has 0 aliphatic carbocycles. The third-order valence-corrected chi connectivity index (χ3v) is 6.26. The van der Waals surface area contributed by atoms with Gasteiger partial charge in [0.2, 0.25) is 11.8 Å². The fraction of sp³-hybridized carbons (Fsp3) is 0.310. The third-order valence-electron chi connectivity index (χ3n) is 6.26. The number of hydrogen-bond donors (Lipinski definition) is 1. The predicted octanol–water partition coefficient (Wildman–Crippen LogP) is 4.39. The van der Waals surface area contributed by atoms with Crippen molar-refractivity contribution in [2.45, 2.75) is 32.9 Å². The van der Waals surface area contributed by atoms with Crippen LogP contribution in [0.5, 0.6) is 11.5 Å². The van der Waals surface area contributed by atoms with Crippen molar-refractivity contribution in [1.82, 2.24) is 20.3 Å². The van der Waals surface area contributed by atoms with E-state index in [0.29, 0.717) is 40.7 Å². The molecule has 2 amide bonds. The van der Waals surface area contributed by atoms with Crippen LogP contribution < -0.4 is 19.7 Å². The first-order valence-corrected chi connectivity index (χ1v) is 12.6. The molecule has 0 aliphatic heterocycles. The number of nitrogens with one attached hydrogen (secondary N) is 1. The van der Waals surface area contributed by atoms with Gasteiger partial charge in [-0.3, -0.25) is 14.5 Å². The van der Waals surface area contributed by atoms with Crippen LogP contribution in [0.4, 0.5) is 5.69 Å². The van der Waals surface area contributed by atoms with E-state index in [2.05, 4.69) is 29.5 Å². The van der Waals surface area contributed by atoms with Crippen LogP contribution in [0.15, 0.2) is 72.8 Å². The number of methoxy groups -OCH3 is 2. The molecule has 0 saturated carbocycles. The van der Waals surface area contributed by atoms with E-state index in [1.165, 1.54) is 4.90 Å². The maximum atomic E-state index is 14.1. The Morgan fingerprint density at radius 2 is 1.68 bits per heavy atom. The quantitative estimate of drug-likeness (QED) is 0.318. The average Bonchev–Trinajstić information content (AvgIpc) is 3.34. The van der Waals surface area contributed by atoms with Gasteiger partial charge < -0.3 is 14.8 Å². The van der Waals surface area contributed by atoms with Gasteiger partial charge in [0.15, 0.2) is 0 Å². The number of amides is 2. The predicted molar refractivity (Wildman–Crippen MR) is 146 cm³/mol. The van der Waals surface area contributed by atoms with E-state index in [4.69, 9.17) is 9.47 Å². The van der Waals surface area contributed by atoms with Crippen molar-refractivity contribution < 1.29 is 19.1 Å². The van der Waals surface area contributed by atoms with Crippen LogP contribution >= 0.6 is 0 Å². The van der Waals surface area contributed by atoms with Gasteiger partial charge in [0.25, 0.3) is 0 Å². The summed E-state index contributed by atoms with van der Waals surface area (Å²) in [6.07, 6.45) is 0.817. The van der Waals surface area contributed by atoms with E-state index in [9.17, 15) is 9.59 Å². The van der Waals surface area contributed by atoms with E-state index in [0.717, 1.165) is 11.9 Å². The summed E-state index contributed by atoms with van der Waals surface area (Å²) in [4.78, 5) is 29.3. The molecule has 38 heavy (non-hydrogen) atoms. The van der Waals surface area contributed by atoms with Crippen molar-refractivity contribution in [2.75, 3.05) is 25.7 Å². The third kappa shape index (κ3) is 6.11. The smallest absolute Gasteiger partial charge is 0.249 e. The summed E-state index contributed by atoms with van der Waals surface area (Å²) in [6.45, 7) is 4.59. The van der Waals surface area contributed by atoms with Crippen molar-refractivity contribution >= 4 is 28.5 Å². The van der Waals surface area contributed by atoms with Gasteiger partial charge in [-0.25, -0.2) is 4.68 Å². The second-order valence-electron chi connectivity index (χ2n) is 9.35. The molecule has 1 atom stereocenters. The molecule has 0 fully saturated rings. The van der Waals surface area contributed by atoms with Crippen LogP contribution in [0.2, 0.25) is 0 Å². The molecular weight excluding hydrogens is 482 g/mol. The molecule has 4 aromatic rings. The number of carbonyl (C=O) groups excluding carboxylic acids is 2. The molecule has 9 heteroatoms. The lowest BCUT2D eigenvalue weighted by molar-refractivity contribution is -0.127. The molecule has 0 bridgehead atoms. The maximum Gasteiger partial charge on any atom is 0.249 e. The minimum atomic E-state index is -0.951. The van der Waals surface area contributed by atoms with Crippen molar-refractivity contribution in [2.24, 2.45) is 5.92 Å². The number of aromatic nitrogens is 3. The second-order valence-corrected chi connectivity index (χ2v) is 9.35. The Kier molecular flexibility index (Phi) is 8.58. The highest BCUT2D eigenvalue weighted by Crippen LogP contribution is 2.31. The molecule has 0 spiro atoms. The zero-order valence-corrected chi connectivity index (χ0v) is 22.1. The highest BCUT2D eigenvalue weighted by molar-refractivity contribution is 6.01. The number of fused-ring (bicyclic) bond motifs is 1. The van der Waals surface area contributed by atoms with Crippen molar-refractivity contribution in [3.05, 3.63) is 78.4 Å². The van der Waals surface area contributed by atoms with Gasteiger partial charge in [0, 0.05) is 12.2 Å². The summed E-state index contributed by atoms with van der Waals surface area (Å²) in [5.74, 6) is 1.05. The van der Waals surface area contributed by atoms with E-state index in [1.54, 1.807) is 55.3 Å². The van der Waals surface area contributed by atoms with Crippen molar-refractivity contribution in [3.63, 3.8) is 0 Å². The van der Waals surface area contributed by atoms with Crippen molar-refractivity contribution in [3.8, 4) is 11.5 Å². The number of nitrogens with zero attached hydrogens (tertiary/aromatic N) is 4. The standard InChI is InChI=1S/C29H33N5O4/c1-20(2)16-17-30-29(36)28(21-8-7-9-24(18-21)38-4)34(22-12-14-23(37-3)15-13-22)27(35)19-33-26-11-6-5-10-25(26)31-32-33/h5-15,18,20,28H,16-17,19H2,1-4H3,(H,30,36). The number of hydrogen-bond acceptors (Lipinski definition) is 6. The summed E-state index contributed by atoms with van der Waals surface area (Å²) in [7, 11) is 3.15. The second kappa shape index (κ2) is 12.2. The van der Waals surface area contributed by atoms with E-state index in [-0.39, 0.29) is 18.4 Å². The van der Waals surface area contributed by atoms with Gasteiger partial charge in [0.1, 0.15) is 29.6 Å². The normalized spacial score (nSPS) is 11.8. The van der Waals surface area contributed by atoms with E-state index >= 15 is 0 Å².